The Morgan fingerprint density at radius 1 is 1.05 bits per heavy atom. The van der Waals surface area contributed by atoms with Crippen molar-refractivity contribution in [1.29, 1.82) is 0 Å². The van der Waals surface area contributed by atoms with Gasteiger partial charge in [0.05, 0.1) is 6.42 Å². The van der Waals surface area contributed by atoms with Gasteiger partial charge in [-0.25, -0.2) is 0 Å². The first kappa shape index (κ1) is 15.7. The van der Waals surface area contributed by atoms with Gasteiger partial charge in [-0.2, -0.15) is 0 Å². The number of carbonyl (C=O) groups excluding carboxylic acids is 2. The fraction of sp³-hybridized carbons (Fsp3) is 0.357. The molecule has 0 aromatic heterocycles. The van der Waals surface area contributed by atoms with Crippen molar-refractivity contribution in [3.05, 3.63) is 35.9 Å². The van der Waals surface area contributed by atoms with Crippen molar-refractivity contribution in [1.82, 2.24) is 10.6 Å². The van der Waals surface area contributed by atoms with Crippen molar-refractivity contribution in [2.24, 2.45) is 0 Å². The maximum Gasteiger partial charge on any atom is 0.325 e. The average Bonchev–Trinajstić information content (AvgIpc) is 2.39. The zero-order chi connectivity index (χ0) is 15.1. The predicted octanol–water partition coefficient (Wildman–Crippen LogP) is 0.323. The molecule has 0 aliphatic rings. The number of carboxylic acids is 1. The molecule has 0 fully saturated rings. The van der Waals surface area contributed by atoms with Crippen LogP contribution in [-0.2, 0) is 20.8 Å². The molecule has 0 unspecified atom stereocenters. The molecule has 0 aliphatic heterocycles. The first-order valence-corrected chi connectivity index (χ1v) is 6.26. The van der Waals surface area contributed by atoms with E-state index in [0.717, 1.165) is 5.56 Å². The zero-order valence-electron chi connectivity index (χ0n) is 11.4. The van der Waals surface area contributed by atoms with Gasteiger partial charge in [-0.05, 0) is 19.4 Å². The van der Waals surface area contributed by atoms with Crippen LogP contribution in [0.1, 0.15) is 19.4 Å². The number of carbonyl (C=O) groups is 3. The Balaban J connectivity index is 2.45. The molecule has 108 valence electrons. The summed E-state index contributed by atoms with van der Waals surface area (Å²) in [6.45, 7) is 2.87. The molecule has 0 heterocycles. The summed E-state index contributed by atoms with van der Waals surface area (Å²) in [6.07, 6.45) is 0.174. The van der Waals surface area contributed by atoms with E-state index in [1.165, 1.54) is 13.8 Å². The van der Waals surface area contributed by atoms with Gasteiger partial charge in [0.15, 0.2) is 0 Å². The fourth-order valence-corrected chi connectivity index (χ4v) is 1.54. The van der Waals surface area contributed by atoms with Crippen molar-refractivity contribution in [2.75, 3.05) is 0 Å². The van der Waals surface area contributed by atoms with Crippen molar-refractivity contribution < 1.29 is 19.5 Å². The highest BCUT2D eigenvalue weighted by molar-refractivity contribution is 5.90. The molecule has 1 rings (SSSR count). The maximum atomic E-state index is 11.7. The molecule has 0 spiro atoms. The van der Waals surface area contributed by atoms with Gasteiger partial charge >= 0.3 is 5.97 Å². The predicted molar refractivity (Wildman–Crippen MR) is 73.0 cm³/mol. The molecule has 0 bridgehead atoms. The Hall–Kier alpha value is -2.37. The first-order valence-electron chi connectivity index (χ1n) is 6.26. The molecule has 0 aliphatic carbocycles. The lowest BCUT2D eigenvalue weighted by molar-refractivity contribution is -0.141. The number of rotatable bonds is 6. The summed E-state index contributed by atoms with van der Waals surface area (Å²) in [7, 11) is 0. The Bertz CT molecular complexity index is 487. The average molecular weight is 278 g/mol. The molecule has 3 N–H and O–H groups in total. The lowest BCUT2D eigenvalue weighted by Gasteiger charge is -2.16. The molecule has 2 atom stereocenters. The first-order chi connectivity index (χ1) is 9.40. The van der Waals surface area contributed by atoms with Crippen LogP contribution in [0.5, 0.6) is 0 Å². The topological polar surface area (TPSA) is 95.5 Å². The maximum absolute atomic E-state index is 11.7. The van der Waals surface area contributed by atoms with Crippen LogP contribution >= 0.6 is 0 Å². The quantitative estimate of drug-likeness (QED) is 0.698. The lowest BCUT2D eigenvalue weighted by Crippen LogP contribution is -2.49. The van der Waals surface area contributed by atoms with E-state index in [4.69, 9.17) is 5.11 Å². The van der Waals surface area contributed by atoms with E-state index in [1.54, 1.807) is 0 Å². The summed E-state index contributed by atoms with van der Waals surface area (Å²) in [5, 5.41) is 13.5. The summed E-state index contributed by atoms with van der Waals surface area (Å²) >= 11 is 0. The zero-order valence-corrected chi connectivity index (χ0v) is 11.4. The van der Waals surface area contributed by atoms with Crippen LogP contribution in [0.15, 0.2) is 30.3 Å². The smallest absolute Gasteiger partial charge is 0.325 e. The van der Waals surface area contributed by atoms with Crippen LogP contribution < -0.4 is 10.6 Å². The number of benzene rings is 1. The van der Waals surface area contributed by atoms with Gasteiger partial charge in [-0.3, -0.25) is 14.4 Å². The van der Waals surface area contributed by atoms with E-state index in [-0.39, 0.29) is 12.3 Å². The Morgan fingerprint density at radius 3 is 2.20 bits per heavy atom. The van der Waals surface area contributed by atoms with Gasteiger partial charge in [0.25, 0.3) is 0 Å². The van der Waals surface area contributed by atoms with Gasteiger partial charge in [0, 0.05) is 0 Å². The minimum atomic E-state index is -1.12. The van der Waals surface area contributed by atoms with Gasteiger partial charge in [0.1, 0.15) is 12.1 Å². The molecule has 6 heteroatoms. The minimum absolute atomic E-state index is 0.174. The monoisotopic (exact) mass is 278 g/mol. The molecule has 2 amide bonds. The molecule has 0 radical (unpaired) electrons. The number of nitrogens with one attached hydrogen (secondary N) is 2. The van der Waals surface area contributed by atoms with Gasteiger partial charge < -0.3 is 15.7 Å². The van der Waals surface area contributed by atoms with Crippen molar-refractivity contribution in [3.63, 3.8) is 0 Å². The summed E-state index contributed by atoms with van der Waals surface area (Å²) in [4.78, 5) is 34.0. The van der Waals surface area contributed by atoms with Crippen LogP contribution in [0.3, 0.4) is 0 Å². The minimum Gasteiger partial charge on any atom is -0.480 e. The van der Waals surface area contributed by atoms with Gasteiger partial charge in [0.2, 0.25) is 11.8 Å². The highest BCUT2D eigenvalue weighted by Crippen LogP contribution is 1.99. The summed E-state index contributed by atoms with van der Waals surface area (Å²) in [6, 6.07) is 7.36. The summed E-state index contributed by atoms with van der Waals surface area (Å²) < 4.78 is 0. The van der Waals surface area contributed by atoms with Crippen molar-refractivity contribution in [3.8, 4) is 0 Å². The third-order valence-electron chi connectivity index (χ3n) is 2.71. The molecule has 20 heavy (non-hydrogen) atoms. The van der Waals surface area contributed by atoms with Crippen LogP contribution in [0.4, 0.5) is 0 Å². The molecule has 6 nitrogen and oxygen atoms in total. The number of aliphatic carboxylic acids is 1. The highest BCUT2D eigenvalue weighted by Gasteiger charge is 2.20. The van der Waals surface area contributed by atoms with E-state index in [0.29, 0.717) is 0 Å². The van der Waals surface area contributed by atoms with E-state index >= 15 is 0 Å². The van der Waals surface area contributed by atoms with E-state index in [1.807, 2.05) is 30.3 Å². The van der Waals surface area contributed by atoms with Gasteiger partial charge in [-0.15, -0.1) is 0 Å². The van der Waals surface area contributed by atoms with E-state index in [2.05, 4.69) is 10.6 Å². The van der Waals surface area contributed by atoms with Crippen LogP contribution in [0.2, 0.25) is 0 Å². The second-order valence-corrected chi connectivity index (χ2v) is 4.52. The van der Waals surface area contributed by atoms with Crippen LogP contribution in [0, 0.1) is 0 Å². The molecule has 0 saturated carbocycles. The number of hydrogen-bond acceptors (Lipinski definition) is 3. The molecular formula is C14H18N2O4. The molecule has 0 saturated heterocycles. The molecule has 1 aromatic carbocycles. The number of amides is 2. The Kier molecular flexibility index (Phi) is 5.71. The molecule has 1 aromatic rings. The van der Waals surface area contributed by atoms with Crippen molar-refractivity contribution >= 4 is 17.8 Å². The van der Waals surface area contributed by atoms with Gasteiger partial charge in [-0.1, -0.05) is 30.3 Å². The second kappa shape index (κ2) is 7.28. The largest absolute Gasteiger partial charge is 0.480 e. The third-order valence-corrected chi connectivity index (χ3v) is 2.71. The SMILES string of the molecule is C[C@H](NC(=O)Cc1ccccc1)C(=O)N[C@H](C)C(=O)O. The van der Waals surface area contributed by atoms with Crippen LogP contribution in [0.25, 0.3) is 0 Å². The van der Waals surface area contributed by atoms with Crippen molar-refractivity contribution in [2.45, 2.75) is 32.4 Å². The van der Waals surface area contributed by atoms with E-state index < -0.39 is 24.0 Å². The molecular weight excluding hydrogens is 260 g/mol. The summed E-state index contributed by atoms with van der Waals surface area (Å²) in [5.41, 5.74) is 0.844. The normalized spacial score (nSPS) is 13.1. The standard InChI is InChI=1S/C14H18N2O4/c1-9(13(18)16-10(2)14(19)20)15-12(17)8-11-6-4-3-5-7-11/h3-7,9-10H,8H2,1-2H3,(H,15,17)(H,16,18)(H,19,20)/t9-,10+/m0/s1. The second-order valence-electron chi connectivity index (χ2n) is 4.52. The highest BCUT2D eigenvalue weighted by atomic mass is 16.4. The number of hydrogen-bond donors (Lipinski definition) is 3. The Morgan fingerprint density at radius 2 is 1.65 bits per heavy atom. The van der Waals surface area contributed by atoms with E-state index in [9.17, 15) is 14.4 Å². The summed E-state index contributed by atoms with van der Waals surface area (Å²) in [5.74, 6) is -1.94. The third kappa shape index (κ3) is 5.09. The number of carboxylic acid groups (broad SMARTS) is 1. The van der Waals surface area contributed by atoms with Crippen LogP contribution in [-0.4, -0.2) is 35.0 Å². The fourth-order valence-electron chi connectivity index (χ4n) is 1.54. The Labute approximate surface area is 117 Å². The lowest BCUT2D eigenvalue weighted by atomic mass is 10.1.